The molecular formula is C10H13F2N3O2. The van der Waals surface area contributed by atoms with Crippen molar-refractivity contribution in [2.45, 2.75) is 19.9 Å². The summed E-state index contributed by atoms with van der Waals surface area (Å²) in [5.41, 5.74) is 10.3. The van der Waals surface area contributed by atoms with Crippen LogP contribution in [-0.2, 0) is 11.3 Å². The van der Waals surface area contributed by atoms with Gasteiger partial charge in [-0.15, -0.1) is 0 Å². The number of rotatable bonds is 4. The van der Waals surface area contributed by atoms with E-state index < -0.39 is 18.1 Å². The Hall–Kier alpha value is -1.76. The fourth-order valence-electron chi connectivity index (χ4n) is 1.34. The number of carbonyl (C=O) groups excluding carboxylic acids is 1. The molecule has 0 unspecified atom stereocenters. The second kappa shape index (κ2) is 5.53. The first kappa shape index (κ1) is 13.3. The van der Waals surface area contributed by atoms with Gasteiger partial charge in [-0.25, -0.2) is 18.6 Å². The summed E-state index contributed by atoms with van der Waals surface area (Å²) < 4.78 is 29.7. The van der Waals surface area contributed by atoms with E-state index in [0.29, 0.717) is 0 Å². The normalized spacial score (nSPS) is 10.6. The molecule has 4 N–H and O–H groups in total. The summed E-state index contributed by atoms with van der Waals surface area (Å²) in [5.74, 6) is -0.709. The summed E-state index contributed by atoms with van der Waals surface area (Å²) >= 11 is 0. The van der Waals surface area contributed by atoms with Crippen LogP contribution in [0.25, 0.3) is 0 Å². The standard InChI is InChI=1S/C10H13F2N3O2/c1-2-17-10(16)8-5(14)3-6(9(11)12)15-7(8)4-13/h3,9H,2,4,13H2,1H3,(H2,14,15). The Kier molecular flexibility index (Phi) is 4.33. The fraction of sp³-hybridized carbons (Fsp3) is 0.400. The summed E-state index contributed by atoms with van der Waals surface area (Å²) in [6, 6.07) is 0.954. The molecule has 94 valence electrons. The second-order valence-electron chi connectivity index (χ2n) is 3.18. The lowest BCUT2D eigenvalue weighted by molar-refractivity contribution is 0.0525. The van der Waals surface area contributed by atoms with Crippen molar-refractivity contribution in [1.82, 2.24) is 4.98 Å². The maximum Gasteiger partial charge on any atom is 0.342 e. The van der Waals surface area contributed by atoms with E-state index in [1.54, 1.807) is 6.92 Å². The molecule has 1 rings (SSSR count). The molecule has 5 nitrogen and oxygen atoms in total. The minimum absolute atomic E-state index is 0.0127. The van der Waals surface area contributed by atoms with Crippen molar-refractivity contribution in [3.63, 3.8) is 0 Å². The zero-order valence-corrected chi connectivity index (χ0v) is 9.24. The number of anilines is 1. The smallest absolute Gasteiger partial charge is 0.342 e. The quantitative estimate of drug-likeness (QED) is 0.778. The molecule has 0 atom stereocenters. The van der Waals surface area contributed by atoms with E-state index in [4.69, 9.17) is 16.2 Å². The summed E-state index contributed by atoms with van der Waals surface area (Å²) in [5, 5.41) is 0. The third-order valence-corrected chi connectivity index (χ3v) is 2.04. The molecule has 0 amide bonds. The van der Waals surface area contributed by atoms with Crippen LogP contribution in [0.2, 0.25) is 0 Å². The predicted octanol–water partition coefficient (Wildman–Crippen LogP) is 1.24. The van der Waals surface area contributed by atoms with E-state index in [-0.39, 0.29) is 30.1 Å². The third kappa shape index (κ3) is 2.88. The van der Waals surface area contributed by atoms with E-state index in [1.165, 1.54) is 0 Å². The highest BCUT2D eigenvalue weighted by molar-refractivity contribution is 5.96. The van der Waals surface area contributed by atoms with Crippen molar-refractivity contribution < 1.29 is 18.3 Å². The lowest BCUT2D eigenvalue weighted by Gasteiger charge is -2.11. The van der Waals surface area contributed by atoms with E-state index in [2.05, 4.69) is 4.98 Å². The highest BCUT2D eigenvalue weighted by Crippen LogP contribution is 2.24. The minimum Gasteiger partial charge on any atom is -0.462 e. The molecule has 0 fully saturated rings. The van der Waals surface area contributed by atoms with Crippen molar-refractivity contribution in [2.75, 3.05) is 12.3 Å². The fourth-order valence-corrected chi connectivity index (χ4v) is 1.34. The molecule has 0 saturated heterocycles. The molecule has 1 heterocycles. The number of aromatic nitrogens is 1. The maximum absolute atomic E-state index is 12.5. The molecule has 7 heteroatoms. The number of nitrogens with two attached hydrogens (primary N) is 2. The highest BCUT2D eigenvalue weighted by Gasteiger charge is 2.21. The van der Waals surface area contributed by atoms with Gasteiger partial charge in [-0.3, -0.25) is 0 Å². The van der Waals surface area contributed by atoms with E-state index in [0.717, 1.165) is 6.07 Å². The van der Waals surface area contributed by atoms with Crippen LogP contribution in [0.4, 0.5) is 14.5 Å². The van der Waals surface area contributed by atoms with Gasteiger partial charge in [0.2, 0.25) is 0 Å². The average molecular weight is 245 g/mol. The summed E-state index contributed by atoms with van der Waals surface area (Å²) in [6.07, 6.45) is -2.76. The first-order valence-corrected chi connectivity index (χ1v) is 4.95. The Morgan fingerprint density at radius 1 is 1.59 bits per heavy atom. The molecule has 0 aliphatic heterocycles. The van der Waals surface area contributed by atoms with Crippen molar-refractivity contribution in [1.29, 1.82) is 0 Å². The molecule has 0 aliphatic carbocycles. The molecule has 1 aromatic rings. The average Bonchev–Trinajstić information content (AvgIpc) is 2.27. The van der Waals surface area contributed by atoms with Gasteiger partial charge in [0.15, 0.2) is 0 Å². The number of ether oxygens (including phenoxy) is 1. The first-order chi connectivity index (χ1) is 8.01. The Bertz CT molecular complexity index is 424. The third-order valence-electron chi connectivity index (χ3n) is 2.04. The van der Waals surface area contributed by atoms with Crippen molar-refractivity contribution in [2.24, 2.45) is 5.73 Å². The summed E-state index contributed by atoms with van der Waals surface area (Å²) in [6.45, 7) is 1.61. The number of esters is 1. The van der Waals surface area contributed by atoms with Crippen LogP contribution >= 0.6 is 0 Å². The van der Waals surface area contributed by atoms with Crippen molar-refractivity contribution in [3.05, 3.63) is 23.0 Å². The van der Waals surface area contributed by atoms with Gasteiger partial charge in [0.1, 0.15) is 11.3 Å². The number of nitrogens with zero attached hydrogens (tertiary/aromatic N) is 1. The number of carbonyl (C=O) groups is 1. The largest absolute Gasteiger partial charge is 0.462 e. The highest BCUT2D eigenvalue weighted by atomic mass is 19.3. The Morgan fingerprint density at radius 2 is 2.24 bits per heavy atom. The van der Waals surface area contributed by atoms with Crippen molar-refractivity contribution in [3.8, 4) is 0 Å². The molecule has 0 saturated carbocycles. The topological polar surface area (TPSA) is 91.2 Å². The lowest BCUT2D eigenvalue weighted by atomic mass is 10.1. The van der Waals surface area contributed by atoms with Crippen LogP contribution in [0.1, 0.15) is 35.1 Å². The number of nitrogen functional groups attached to an aromatic ring is 1. The number of pyridine rings is 1. The summed E-state index contributed by atoms with van der Waals surface area (Å²) in [4.78, 5) is 15.1. The summed E-state index contributed by atoms with van der Waals surface area (Å²) in [7, 11) is 0. The molecule has 0 aliphatic rings. The number of hydrogen-bond acceptors (Lipinski definition) is 5. The van der Waals surface area contributed by atoms with Gasteiger partial charge >= 0.3 is 5.97 Å². The lowest BCUT2D eigenvalue weighted by Crippen LogP contribution is -2.16. The molecule has 0 aromatic carbocycles. The van der Waals surface area contributed by atoms with E-state index in [1.807, 2.05) is 0 Å². The molecule has 17 heavy (non-hydrogen) atoms. The van der Waals surface area contributed by atoms with Crippen LogP contribution in [0.15, 0.2) is 6.07 Å². The zero-order chi connectivity index (χ0) is 13.0. The predicted molar refractivity (Wildman–Crippen MR) is 57.5 cm³/mol. The number of hydrogen-bond donors (Lipinski definition) is 2. The van der Waals surface area contributed by atoms with Gasteiger partial charge in [-0.1, -0.05) is 0 Å². The van der Waals surface area contributed by atoms with E-state index in [9.17, 15) is 13.6 Å². The maximum atomic E-state index is 12.5. The Labute approximate surface area is 96.8 Å². The molecule has 0 spiro atoms. The van der Waals surface area contributed by atoms with Gasteiger partial charge in [0.05, 0.1) is 18.0 Å². The van der Waals surface area contributed by atoms with Gasteiger partial charge in [0, 0.05) is 6.54 Å². The molecular weight excluding hydrogens is 232 g/mol. The minimum atomic E-state index is -2.76. The van der Waals surface area contributed by atoms with E-state index >= 15 is 0 Å². The monoisotopic (exact) mass is 245 g/mol. The van der Waals surface area contributed by atoms with Crippen LogP contribution in [0, 0.1) is 0 Å². The number of halogens is 2. The first-order valence-electron chi connectivity index (χ1n) is 4.95. The molecule has 0 radical (unpaired) electrons. The Morgan fingerprint density at radius 3 is 2.71 bits per heavy atom. The van der Waals surface area contributed by atoms with Gasteiger partial charge in [-0.2, -0.15) is 0 Å². The van der Waals surface area contributed by atoms with Gasteiger partial charge in [0.25, 0.3) is 6.43 Å². The van der Waals surface area contributed by atoms with Gasteiger partial charge in [-0.05, 0) is 13.0 Å². The van der Waals surface area contributed by atoms with Crippen molar-refractivity contribution >= 4 is 11.7 Å². The van der Waals surface area contributed by atoms with Crippen LogP contribution in [0.3, 0.4) is 0 Å². The number of alkyl halides is 2. The molecule has 0 bridgehead atoms. The SMILES string of the molecule is CCOC(=O)c1c(N)cc(C(F)F)nc1CN. The Balaban J connectivity index is 3.25. The van der Waals surface area contributed by atoms with Gasteiger partial charge < -0.3 is 16.2 Å². The van der Waals surface area contributed by atoms with Crippen LogP contribution in [0.5, 0.6) is 0 Å². The second-order valence-corrected chi connectivity index (χ2v) is 3.18. The van der Waals surface area contributed by atoms with Crippen LogP contribution < -0.4 is 11.5 Å². The molecule has 1 aromatic heterocycles. The van der Waals surface area contributed by atoms with Crippen LogP contribution in [-0.4, -0.2) is 17.6 Å². The zero-order valence-electron chi connectivity index (χ0n) is 9.24.